The maximum atomic E-state index is 12.1. The molecule has 116 valence electrons. The minimum Gasteiger partial charge on any atom is -0.382 e. The Balaban J connectivity index is 1.72. The van der Waals surface area contributed by atoms with Gasteiger partial charge in [0.15, 0.2) is 11.5 Å². The Morgan fingerprint density at radius 2 is 2.23 bits per heavy atom. The summed E-state index contributed by atoms with van der Waals surface area (Å²) in [7, 11) is 0. The zero-order valence-electron chi connectivity index (χ0n) is 11.8. The average Bonchev–Trinajstić information content (AvgIpc) is 3.15. The number of carbonyl (C=O) groups is 1. The van der Waals surface area contributed by atoms with Crippen LogP contribution in [0.15, 0.2) is 24.3 Å². The van der Waals surface area contributed by atoms with Crippen LogP contribution in [0.5, 0.6) is 0 Å². The van der Waals surface area contributed by atoms with Gasteiger partial charge in [0.25, 0.3) is 5.91 Å². The van der Waals surface area contributed by atoms with Crippen LogP contribution in [-0.2, 0) is 4.74 Å². The highest BCUT2D eigenvalue weighted by Gasteiger charge is 2.21. The molecule has 3 rings (SSSR count). The van der Waals surface area contributed by atoms with Crippen LogP contribution in [0.4, 0.5) is 5.82 Å². The van der Waals surface area contributed by atoms with Gasteiger partial charge in [0.1, 0.15) is 0 Å². The normalized spacial score (nSPS) is 17.6. The molecule has 2 heterocycles. The summed E-state index contributed by atoms with van der Waals surface area (Å²) in [5, 5.41) is 11.2. The Morgan fingerprint density at radius 1 is 1.45 bits per heavy atom. The zero-order valence-corrected chi connectivity index (χ0v) is 12.6. The number of ether oxygens (including phenoxy) is 1. The predicted octanol–water partition coefficient (Wildman–Crippen LogP) is 1.41. The minimum atomic E-state index is -0.354. The first-order chi connectivity index (χ1) is 10.6. The number of halogens is 1. The maximum Gasteiger partial charge on any atom is 0.275 e. The first kappa shape index (κ1) is 14.8. The van der Waals surface area contributed by atoms with Crippen molar-refractivity contribution in [3.05, 3.63) is 35.0 Å². The summed E-state index contributed by atoms with van der Waals surface area (Å²) in [6.07, 6.45) is 2.04. The van der Waals surface area contributed by atoms with Crippen LogP contribution in [0.1, 0.15) is 23.3 Å². The van der Waals surface area contributed by atoms with Crippen molar-refractivity contribution in [3.8, 4) is 5.69 Å². The Kier molecular flexibility index (Phi) is 4.26. The van der Waals surface area contributed by atoms with E-state index in [1.807, 2.05) is 0 Å². The molecule has 1 aromatic heterocycles. The van der Waals surface area contributed by atoms with Crippen LogP contribution in [0.2, 0.25) is 5.02 Å². The number of carbonyl (C=O) groups excluding carboxylic acids is 1. The largest absolute Gasteiger partial charge is 0.382 e. The molecular formula is C14H16ClN5O2. The Morgan fingerprint density at radius 3 is 2.91 bits per heavy atom. The molecule has 0 radical (unpaired) electrons. The molecule has 1 atom stereocenters. The summed E-state index contributed by atoms with van der Waals surface area (Å²) in [6, 6.07) is 6.94. The number of hydrogen-bond donors (Lipinski definition) is 2. The van der Waals surface area contributed by atoms with Crippen molar-refractivity contribution in [2.45, 2.75) is 18.9 Å². The number of nitrogens with two attached hydrogens (primary N) is 1. The number of rotatable bonds is 4. The Labute approximate surface area is 132 Å². The summed E-state index contributed by atoms with van der Waals surface area (Å²) in [5.74, 6) is -0.166. The van der Waals surface area contributed by atoms with Gasteiger partial charge in [-0.25, -0.2) is 0 Å². The third-order valence-corrected chi connectivity index (χ3v) is 3.76. The molecule has 1 aliphatic heterocycles. The van der Waals surface area contributed by atoms with Crippen LogP contribution in [0, 0.1) is 0 Å². The van der Waals surface area contributed by atoms with E-state index in [0.717, 1.165) is 19.4 Å². The number of nitrogens with zero attached hydrogens (tertiary/aromatic N) is 3. The maximum absolute atomic E-state index is 12.1. The third-order valence-electron chi connectivity index (χ3n) is 3.51. The van der Waals surface area contributed by atoms with Gasteiger partial charge in [0.2, 0.25) is 0 Å². The van der Waals surface area contributed by atoms with E-state index in [4.69, 9.17) is 22.1 Å². The second kappa shape index (κ2) is 6.33. The van der Waals surface area contributed by atoms with Gasteiger partial charge in [0, 0.05) is 18.2 Å². The predicted molar refractivity (Wildman–Crippen MR) is 82.1 cm³/mol. The summed E-state index contributed by atoms with van der Waals surface area (Å²) < 4.78 is 6.86. The van der Waals surface area contributed by atoms with Crippen molar-refractivity contribution in [2.24, 2.45) is 0 Å². The Bertz CT molecular complexity index is 664. The van der Waals surface area contributed by atoms with Crippen molar-refractivity contribution in [2.75, 3.05) is 18.9 Å². The second-order valence-electron chi connectivity index (χ2n) is 5.06. The van der Waals surface area contributed by atoms with Crippen LogP contribution < -0.4 is 11.1 Å². The Hall–Kier alpha value is -2.12. The van der Waals surface area contributed by atoms with Crippen molar-refractivity contribution in [1.29, 1.82) is 0 Å². The van der Waals surface area contributed by atoms with Crippen molar-refractivity contribution < 1.29 is 9.53 Å². The molecule has 1 fully saturated rings. The molecule has 1 amide bonds. The number of nitrogens with one attached hydrogen (secondary N) is 1. The van der Waals surface area contributed by atoms with Gasteiger partial charge in [-0.1, -0.05) is 16.8 Å². The lowest BCUT2D eigenvalue weighted by molar-refractivity contribution is 0.0854. The van der Waals surface area contributed by atoms with Crippen molar-refractivity contribution in [3.63, 3.8) is 0 Å². The number of benzene rings is 1. The molecule has 1 saturated heterocycles. The van der Waals surface area contributed by atoms with Gasteiger partial charge in [-0.15, -0.1) is 5.10 Å². The quantitative estimate of drug-likeness (QED) is 0.887. The molecular weight excluding hydrogens is 306 g/mol. The molecule has 1 aromatic carbocycles. The molecule has 0 saturated carbocycles. The summed E-state index contributed by atoms with van der Waals surface area (Å²) in [4.78, 5) is 12.1. The summed E-state index contributed by atoms with van der Waals surface area (Å²) in [5.41, 5.74) is 6.76. The molecule has 22 heavy (non-hydrogen) atoms. The van der Waals surface area contributed by atoms with E-state index >= 15 is 0 Å². The van der Waals surface area contributed by atoms with E-state index < -0.39 is 0 Å². The fraction of sp³-hybridized carbons (Fsp3) is 0.357. The van der Waals surface area contributed by atoms with Gasteiger partial charge in [-0.05, 0) is 37.1 Å². The van der Waals surface area contributed by atoms with Crippen LogP contribution in [-0.4, -0.2) is 40.2 Å². The second-order valence-corrected chi connectivity index (χ2v) is 5.49. The van der Waals surface area contributed by atoms with Gasteiger partial charge < -0.3 is 15.8 Å². The molecule has 1 aliphatic rings. The molecule has 0 spiro atoms. The van der Waals surface area contributed by atoms with Crippen LogP contribution in [0.3, 0.4) is 0 Å². The van der Waals surface area contributed by atoms with E-state index in [1.54, 1.807) is 24.3 Å². The topological polar surface area (TPSA) is 95.1 Å². The number of amides is 1. The van der Waals surface area contributed by atoms with E-state index in [1.165, 1.54) is 4.68 Å². The van der Waals surface area contributed by atoms with Crippen molar-refractivity contribution in [1.82, 2.24) is 20.3 Å². The van der Waals surface area contributed by atoms with E-state index in [2.05, 4.69) is 15.6 Å². The van der Waals surface area contributed by atoms with E-state index in [-0.39, 0.29) is 23.5 Å². The molecule has 8 heteroatoms. The third kappa shape index (κ3) is 3.05. The van der Waals surface area contributed by atoms with Gasteiger partial charge >= 0.3 is 0 Å². The molecule has 7 nitrogen and oxygen atoms in total. The molecule has 2 aromatic rings. The lowest BCUT2D eigenvalue weighted by Gasteiger charge is -2.09. The highest BCUT2D eigenvalue weighted by atomic mass is 35.5. The van der Waals surface area contributed by atoms with Crippen molar-refractivity contribution >= 4 is 23.3 Å². The molecule has 1 unspecified atom stereocenters. The molecule has 3 N–H and O–H groups in total. The lowest BCUT2D eigenvalue weighted by atomic mass is 10.2. The summed E-state index contributed by atoms with van der Waals surface area (Å²) >= 11 is 5.85. The number of hydrogen-bond acceptors (Lipinski definition) is 5. The minimum absolute atomic E-state index is 0.0662. The number of anilines is 1. The molecule has 0 aliphatic carbocycles. The zero-order chi connectivity index (χ0) is 15.5. The highest BCUT2D eigenvalue weighted by molar-refractivity contribution is 6.30. The smallest absolute Gasteiger partial charge is 0.275 e. The number of nitrogen functional groups attached to an aromatic ring is 1. The number of aromatic nitrogens is 3. The van der Waals surface area contributed by atoms with Gasteiger partial charge in [0.05, 0.1) is 11.8 Å². The summed E-state index contributed by atoms with van der Waals surface area (Å²) in [6.45, 7) is 1.20. The van der Waals surface area contributed by atoms with Gasteiger partial charge in [-0.2, -0.15) is 4.68 Å². The van der Waals surface area contributed by atoms with Crippen LogP contribution in [0.25, 0.3) is 5.69 Å². The van der Waals surface area contributed by atoms with Gasteiger partial charge in [-0.3, -0.25) is 4.79 Å². The fourth-order valence-electron chi connectivity index (χ4n) is 2.32. The highest BCUT2D eigenvalue weighted by Crippen LogP contribution is 2.17. The standard InChI is InChI=1S/C14H16ClN5O2/c15-9-3-5-10(6-4-9)20-13(16)12(18-19-20)14(21)17-8-11-2-1-7-22-11/h3-6,11H,1-2,7-8,16H2,(H,17,21). The lowest BCUT2D eigenvalue weighted by Crippen LogP contribution is -2.32. The molecule has 0 bridgehead atoms. The SMILES string of the molecule is Nc1c(C(=O)NCC2CCCO2)nnn1-c1ccc(Cl)cc1. The first-order valence-corrected chi connectivity index (χ1v) is 7.40. The average molecular weight is 322 g/mol. The first-order valence-electron chi connectivity index (χ1n) is 7.02. The van der Waals surface area contributed by atoms with Crippen LogP contribution >= 0.6 is 11.6 Å². The fourth-order valence-corrected chi connectivity index (χ4v) is 2.45. The monoisotopic (exact) mass is 321 g/mol. The van der Waals surface area contributed by atoms with E-state index in [9.17, 15) is 4.79 Å². The van der Waals surface area contributed by atoms with E-state index in [0.29, 0.717) is 17.3 Å².